The topological polar surface area (TPSA) is 92.6 Å². The first-order chi connectivity index (χ1) is 15.3. The lowest BCUT2D eigenvalue weighted by Crippen LogP contribution is -2.27. The van der Waals surface area contributed by atoms with Gasteiger partial charge in [-0.3, -0.25) is 24.6 Å². The van der Waals surface area contributed by atoms with Crippen LogP contribution in [0.2, 0.25) is 5.02 Å². The summed E-state index contributed by atoms with van der Waals surface area (Å²) in [7, 11) is 0. The molecule has 0 saturated carbocycles. The number of anilines is 2. The third-order valence-corrected chi connectivity index (χ3v) is 6.54. The highest BCUT2D eigenvalue weighted by Gasteiger charge is 2.34. The molecular weight excluding hydrogens is 450 g/mol. The van der Waals surface area contributed by atoms with Crippen LogP contribution >= 0.6 is 23.4 Å². The molecule has 32 heavy (non-hydrogen) atoms. The Balaban J connectivity index is 1.57. The van der Waals surface area contributed by atoms with Crippen LogP contribution in [0.4, 0.5) is 17.1 Å². The molecule has 3 aromatic rings. The summed E-state index contributed by atoms with van der Waals surface area (Å²) < 4.78 is 0. The van der Waals surface area contributed by atoms with E-state index in [0.29, 0.717) is 11.4 Å². The molecule has 0 bridgehead atoms. The molecule has 162 valence electrons. The van der Waals surface area contributed by atoms with Crippen LogP contribution in [0.25, 0.3) is 0 Å². The molecular formula is C23H18ClN3O4S. The van der Waals surface area contributed by atoms with Crippen molar-refractivity contribution in [1.82, 2.24) is 0 Å². The van der Waals surface area contributed by atoms with Gasteiger partial charge in [-0.05, 0) is 42.8 Å². The number of amides is 2. The molecule has 0 aliphatic carbocycles. The van der Waals surface area contributed by atoms with Gasteiger partial charge in [0.15, 0.2) is 0 Å². The van der Waals surface area contributed by atoms with E-state index in [1.165, 1.54) is 23.9 Å². The number of carbonyl (C=O) groups excluding carboxylic acids is 2. The first kappa shape index (κ1) is 21.9. The van der Waals surface area contributed by atoms with Crippen molar-refractivity contribution >= 4 is 52.2 Å². The third kappa shape index (κ3) is 4.46. The lowest BCUT2D eigenvalue weighted by atomic mass is 10.1. The van der Waals surface area contributed by atoms with Crippen LogP contribution in [-0.2, 0) is 4.79 Å². The van der Waals surface area contributed by atoms with Gasteiger partial charge in [0.1, 0.15) is 5.37 Å². The first-order valence-electron chi connectivity index (χ1n) is 9.69. The zero-order valence-corrected chi connectivity index (χ0v) is 18.5. The molecule has 0 spiro atoms. The maximum atomic E-state index is 12.7. The smallest absolute Gasteiger partial charge is 0.270 e. The largest absolute Gasteiger partial charge is 0.322 e. The Kier molecular flexibility index (Phi) is 6.16. The number of benzene rings is 3. The molecule has 1 aliphatic rings. The van der Waals surface area contributed by atoms with E-state index in [-0.39, 0.29) is 27.6 Å². The van der Waals surface area contributed by atoms with Gasteiger partial charge in [0.05, 0.1) is 21.3 Å². The molecule has 1 N–H and O–H groups in total. The fourth-order valence-electron chi connectivity index (χ4n) is 3.43. The van der Waals surface area contributed by atoms with Crippen LogP contribution in [0.1, 0.15) is 26.9 Å². The molecule has 1 saturated heterocycles. The van der Waals surface area contributed by atoms with Gasteiger partial charge < -0.3 is 5.32 Å². The van der Waals surface area contributed by atoms with Gasteiger partial charge in [0.2, 0.25) is 5.91 Å². The van der Waals surface area contributed by atoms with Crippen molar-refractivity contribution in [1.29, 1.82) is 0 Å². The first-order valence-corrected chi connectivity index (χ1v) is 11.1. The van der Waals surface area contributed by atoms with Crippen molar-refractivity contribution in [3.63, 3.8) is 0 Å². The Bertz CT molecular complexity index is 1220. The summed E-state index contributed by atoms with van der Waals surface area (Å²) in [6.07, 6.45) is 0. The second kappa shape index (κ2) is 9.02. The molecule has 0 aromatic heterocycles. The van der Waals surface area contributed by atoms with E-state index in [1.807, 2.05) is 43.3 Å². The second-order valence-corrected chi connectivity index (χ2v) is 8.74. The summed E-state index contributed by atoms with van der Waals surface area (Å²) in [6.45, 7) is 1.99. The molecule has 1 aliphatic heterocycles. The predicted molar refractivity (Wildman–Crippen MR) is 126 cm³/mol. The van der Waals surface area contributed by atoms with E-state index < -0.39 is 10.8 Å². The standard InChI is InChI=1S/C23H18ClN3O4S/c1-14-5-7-17(8-6-14)26-21(28)13-32-23(26)15-3-2-4-16(11-15)25-22(29)19-10-9-18(27(30)31)12-20(19)24/h2-12,23H,13H2,1H3,(H,25,29). The van der Waals surface area contributed by atoms with Crippen LogP contribution in [0.15, 0.2) is 66.7 Å². The summed E-state index contributed by atoms with van der Waals surface area (Å²) in [5.41, 5.74) is 3.28. The molecule has 0 radical (unpaired) electrons. The number of thioether (sulfide) groups is 1. The maximum Gasteiger partial charge on any atom is 0.270 e. The summed E-state index contributed by atoms with van der Waals surface area (Å²) in [4.78, 5) is 37.3. The number of rotatable bonds is 5. The number of hydrogen-bond donors (Lipinski definition) is 1. The average Bonchev–Trinajstić information content (AvgIpc) is 3.15. The highest BCUT2D eigenvalue weighted by molar-refractivity contribution is 8.00. The van der Waals surface area contributed by atoms with Crippen LogP contribution in [0.5, 0.6) is 0 Å². The zero-order valence-electron chi connectivity index (χ0n) is 16.9. The van der Waals surface area contributed by atoms with Gasteiger partial charge in [0, 0.05) is 23.5 Å². The van der Waals surface area contributed by atoms with E-state index in [0.717, 1.165) is 22.9 Å². The van der Waals surface area contributed by atoms with E-state index in [9.17, 15) is 19.7 Å². The van der Waals surface area contributed by atoms with Crippen molar-refractivity contribution < 1.29 is 14.5 Å². The Morgan fingerprint density at radius 2 is 1.91 bits per heavy atom. The van der Waals surface area contributed by atoms with Crippen LogP contribution in [0, 0.1) is 17.0 Å². The van der Waals surface area contributed by atoms with Gasteiger partial charge >= 0.3 is 0 Å². The molecule has 1 heterocycles. The van der Waals surface area contributed by atoms with Crippen LogP contribution < -0.4 is 10.2 Å². The lowest BCUT2D eigenvalue weighted by molar-refractivity contribution is -0.384. The maximum absolute atomic E-state index is 12.7. The van der Waals surface area contributed by atoms with E-state index >= 15 is 0 Å². The molecule has 1 fully saturated rings. The monoisotopic (exact) mass is 467 g/mol. The third-order valence-electron chi connectivity index (χ3n) is 5.02. The zero-order chi connectivity index (χ0) is 22.8. The minimum absolute atomic E-state index is 0.00431. The van der Waals surface area contributed by atoms with Crippen molar-refractivity contribution in [3.8, 4) is 0 Å². The highest BCUT2D eigenvalue weighted by Crippen LogP contribution is 2.42. The second-order valence-electron chi connectivity index (χ2n) is 7.26. The summed E-state index contributed by atoms with van der Waals surface area (Å²) >= 11 is 7.59. The number of nitrogens with one attached hydrogen (secondary N) is 1. The Morgan fingerprint density at radius 1 is 1.16 bits per heavy atom. The van der Waals surface area contributed by atoms with Crippen molar-refractivity contribution in [2.24, 2.45) is 0 Å². The van der Waals surface area contributed by atoms with Crippen molar-refractivity contribution in [2.45, 2.75) is 12.3 Å². The number of nitrogens with zero attached hydrogens (tertiary/aromatic N) is 2. The van der Waals surface area contributed by atoms with Gasteiger partial charge in [-0.2, -0.15) is 0 Å². The Morgan fingerprint density at radius 3 is 2.59 bits per heavy atom. The van der Waals surface area contributed by atoms with Gasteiger partial charge in [-0.25, -0.2) is 0 Å². The minimum Gasteiger partial charge on any atom is -0.322 e. The number of non-ortho nitro benzene ring substituents is 1. The minimum atomic E-state index is -0.572. The van der Waals surface area contributed by atoms with Crippen LogP contribution in [-0.4, -0.2) is 22.5 Å². The number of nitro groups is 1. The van der Waals surface area contributed by atoms with Crippen molar-refractivity contribution in [2.75, 3.05) is 16.0 Å². The molecule has 2 amide bonds. The average molecular weight is 468 g/mol. The van der Waals surface area contributed by atoms with Gasteiger partial charge in [-0.1, -0.05) is 41.4 Å². The Labute approximate surface area is 193 Å². The predicted octanol–water partition coefficient (Wildman–Crippen LogP) is 5.59. The fraction of sp³-hybridized carbons (Fsp3) is 0.130. The van der Waals surface area contributed by atoms with Crippen molar-refractivity contribution in [3.05, 3.63) is 98.6 Å². The number of halogens is 1. The summed E-state index contributed by atoms with van der Waals surface area (Å²) in [5, 5.41) is 13.4. The van der Waals surface area contributed by atoms with Crippen LogP contribution in [0.3, 0.4) is 0 Å². The molecule has 1 unspecified atom stereocenters. The van der Waals surface area contributed by atoms with E-state index in [2.05, 4.69) is 5.32 Å². The lowest BCUT2D eigenvalue weighted by Gasteiger charge is -2.25. The molecule has 3 aromatic carbocycles. The molecule has 7 nitrogen and oxygen atoms in total. The van der Waals surface area contributed by atoms with E-state index in [4.69, 9.17) is 11.6 Å². The highest BCUT2D eigenvalue weighted by atomic mass is 35.5. The summed E-state index contributed by atoms with van der Waals surface area (Å²) in [6, 6.07) is 18.7. The molecule has 1 atom stereocenters. The van der Waals surface area contributed by atoms with Gasteiger partial charge in [-0.15, -0.1) is 11.8 Å². The quantitative estimate of drug-likeness (QED) is 0.390. The van der Waals surface area contributed by atoms with E-state index in [1.54, 1.807) is 17.0 Å². The van der Waals surface area contributed by atoms with Gasteiger partial charge in [0.25, 0.3) is 11.6 Å². The normalized spacial score (nSPS) is 15.6. The number of carbonyl (C=O) groups is 2. The fourth-order valence-corrected chi connectivity index (χ4v) is 4.85. The Hall–Kier alpha value is -3.36. The number of aryl methyl sites for hydroxylation is 1. The molecule has 9 heteroatoms. The summed E-state index contributed by atoms with van der Waals surface area (Å²) in [5.74, 6) is -0.0865. The molecule has 4 rings (SSSR count). The number of nitro benzene ring substituents is 1. The number of hydrogen-bond acceptors (Lipinski definition) is 5. The SMILES string of the molecule is Cc1ccc(N2C(=O)CSC2c2cccc(NC(=O)c3ccc([N+](=O)[O-])cc3Cl)c2)cc1.